The monoisotopic (exact) mass is 324 g/mol. The Balaban J connectivity index is 0.000000388. The van der Waals surface area contributed by atoms with Crippen molar-refractivity contribution in [3.63, 3.8) is 0 Å². The molecule has 0 amide bonds. The molecule has 0 fully saturated rings. The fourth-order valence-corrected chi connectivity index (χ4v) is 3.38. The van der Waals surface area contributed by atoms with Gasteiger partial charge in [0.2, 0.25) is 0 Å². The highest BCUT2D eigenvalue weighted by atomic mass is 32.2. The van der Waals surface area contributed by atoms with Gasteiger partial charge in [0.25, 0.3) is 0 Å². The van der Waals surface area contributed by atoms with Crippen LogP contribution < -0.4 is 0 Å². The molecule has 1 heteroatoms. The Morgan fingerprint density at radius 3 is 2.22 bits per heavy atom. The SMILES string of the molecule is C/C=C1/c2ccccc2Sc2ccc(C)cc21.C=CCC.CC. The average Bonchev–Trinajstić information content (AvgIpc) is 2.61. The number of hydrogen-bond acceptors (Lipinski definition) is 1. The lowest BCUT2D eigenvalue weighted by Gasteiger charge is -2.22. The van der Waals surface area contributed by atoms with E-state index in [1.54, 1.807) is 0 Å². The summed E-state index contributed by atoms with van der Waals surface area (Å²) in [6.07, 6.45) is 5.18. The zero-order chi connectivity index (χ0) is 17.2. The van der Waals surface area contributed by atoms with Gasteiger partial charge in [-0.3, -0.25) is 0 Å². The molecule has 1 aliphatic rings. The second kappa shape index (κ2) is 10.1. The third-order valence-electron chi connectivity index (χ3n) is 3.40. The minimum Gasteiger partial charge on any atom is -0.103 e. The van der Waals surface area contributed by atoms with E-state index in [1.165, 1.54) is 32.1 Å². The maximum atomic E-state index is 3.48. The molecule has 0 aromatic heterocycles. The summed E-state index contributed by atoms with van der Waals surface area (Å²) in [4.78, 5) is 2.72. The summed E-state index contributed by atoms with van der Waals surface area (Å²) in [5.74, 6) is 0. The van der Waals surface area contributed by atoms with Crippen LogP contribution in [0.15, 0.2) is 71.0 Å². The maximum absolute atomic E-state index is 3.48. The molecule has 0 N–H and O–H groups in total. The minimum atomic E-state index is 1.08. The predicted molar refractivity (Wildman–Crippen MR) is 106 cm³/mol. The van der Waals surface area contributed by atoms with E-state index in [9.17, 15) is 0 Å². The number of aryl methyl sites for hydroxylation is 1. The molecule has 122 valence electrons. The number of allylic oxidation sites excluding steroid dienone is 2. The molecule has 2 aromatic carbocycles. The van der Waals surface area contributed by atoms with Gasteiger partial charge in [0.15, 0.2) is 0 Å². The first-order valence-corrected chi connectivity index (χ1v) is 9.18. The molecular weight excluding hydrogens is 296 g/mol. The molecule has 0 saturated carbocycles. The fraction of sp³-hybridized carbons (Fsp3) is 0.273. The minimum absolute atomic E-state index is 1.08. The van der Waals surface area contributed by atoms with Crippen LogP contribution in [0.25, 0.3) is 5.57 Å². The molecule has 0 bridgehead atoms. The molecule has 0 saturated heterocycles. The second-order valence-corrected chi connectivity index (χ2v) is 6.08. The third kappa shape index (κ3) is 4.87. The first-order valence-electron chi connectivity index (χ1n) is 8.36. The fourth-order valence-electron chi connectivity index (χ4n) is 2.30. The molecule has 0 aliphatic carbocycles. The number of benzene rings is 2. The summed E-state index contributed by atoms with van der Waals surface area (Å²) in [5, 5.41) is 0. The highest BCUT2D eigenvalue weighted by Gasteiger charge is 2.19. The van der Waals surface area contributed by atoms with Gasteiger partial charge in [-0.2, -0.15) is 0 Å². The highest BCUT2D eigenvalue weighted by molar-refractivity contribution is 7.99. The molecule has 3 rings (SSSR count). The Morgan fingerprint density at radius 1 is 1.00 bits per heavy atom. The van der Waals surface area contributed by atoms with Gasteiger partial charge < -0.3 is 0 Å². The smallest absolute Gasteiger partial charge is 0.0201 e. The van der Waals surface area contributed by atoms with Crippen molar-refractivity contribution >= 4 is 17.3 Å². The van der Waals surface area contributed by atoms with Gasteiger partial charge in [0.1, 0.15) is 0 Å². The van der Waals surface area contributed by atoms with Crippen LogP contribution in [0.5, 0.6) is 0 Å². The maximum Gasteiger partial charge on any atom is 0.0201 e. The van der Waals surface area contributed by atoms with Gasteiger partial charge in [-0.05, 0) is 49.1 Å². The standard InChI is InChI=1S/C16H14S.C4H8.C2H6/c1-3-12-13-6-4-5-7-15(13)17-16-9-8-11(2)10-14(12)16;1-3-4-2;1-2/h3-10H,1-2H3;3H,1,4H2,2H3;1-2H3/b12-3-;;. The molecule has 1 heterocycles. The van der Waals surface area contributed by atoms with E-state index in [0.717, 1.165) is 6.42 Å². The zero-order valence-corrected chi connectivity index (χ0v) is 15.8. The summed E-state index contributed by atoms with van der Waals surface area (Å²) < 4.78 is 0. The van der Waals surface area contributed by atoms with Gasteiger partial charge in [0, 0.05) is 9.79 Å². The molecule has 0 nitrogen and oxygen atoms in total. The Labute approximate surface area is 146 Å². The number of hydrogen-bond donors (Lipinski definition) is 0. The van der Waals surface area contributed by atoms with E-state index >= 15 is 0 Å². The van der Waals surface area contributed by atoms with Crippen LogP contribution >= 0.6 is 11.8 Å². The second-order valence-electron chi connectivity index (χ2n) is 5.00. The van der Waals surface area contributed by atoms with Crippen molar-refractivity contribution in [1.82, 2.24) is 0 Å². The van der Waals surface area contributed by atoms with Gasteiger partial charge in [0.05, 0.1) is 0 Å². The summed E-state index contributed by atoms with van der Waals surface area (Å²) >= 11 is 1.87. The summed E-state index contributed by atoms with van der Waals surface area (Å²) in [5.41, 5.74) is 5.41. The Morgan fingerprint density at radius 2 is 1.61 bits per heavy atom. The van der Waals surface area contributed by atoms with E-state index in [1.807, 2.05) is 31.7 Å². The van der Waals surface area contributed by atoms with Crippen molar-refractivity contribution in [3.05, 3.63) is 77.9 Å². The zero-order valence-electron chi connectivity index (χ0n) is 15.0. The van der Waals surface area contributed by atoms with Crippen molar-refractivity contribution in [2.75, 3.05) is 0 Å². The van der Waals surface area contributed by atoms with Crippen LogP contribution in [0, 0.1) is 6.92 Å². The number of rotatable bonds is 1. The summed E-state index contributed by atoms with van der Waals surface area (Å²) in [6.45, 7) is 13.8. The van der Waals surface area contributed by atoms with Crippen LogP contribution in [0.4, 0.5) is 0 Å². The van der Waals surface area contributed by atoms with Gasteiger partial charge in [-0.25, -0.2) is 0 Å². The molecule has 0 unspecified atom stereocenters. The molecule has 0 spiro atoms. The van der Waals surface area contributed by atoms with E-state index in [-0.39, 0.29) is 0 Å². The van der Waals surface area contributed by atoms with Crippen molar-refractivity contribution in [2.24, 2.45) is 0 Å². The van der Waals surface area contributed by atoms with Crippen LogP contribution in [0.1, 0.15) is 50.8 Å². The lowest BCUT2D eigenvalue weighted by atomic mass is 9.96. The van der Waals surface area contributed by atoms with Gasteiger partial charge >= 0.3 is 0 Å². The largest absolute Gasteiger partial charge is 0.103 e. The molecular formula is C22H28S. The highest BCUT2D eigenvalue weighted by Crippen LogP contribution is 2.45. The average molecular weight is 325 g/mol. The first kappa shape index (κ1) is 19.3. The third-order valence-corrected chi connectivity index (χ3v) is 4.55. The van der Waals surface area contributed by atoms with Crippen molar-refractivity contribution < 1.29 is 0 Å². The van der Waals surface area contributed by atoms with Crippen LogP contribution in [-0.4, -0.2) is 0 Å². The van der Waals surface area contributed by atoms with Crippen LogP contribution in [-0.2, 0) is 0 Å². The van der Waals surface area contributed by atoms with E-state index in [0.29, 0.717) is 0 Å². The first-order chi connectivity index (χ1) is 11.2. The molecule has 2 aromatic rings. The van der Waals surface area contributed by atoms with Gasteiger partial charge in [-0.15, -0.1) is 6.58 Å². The molecule has 0 radical (unpaired) electrons. The lowest BCUT2D eigenvalue weighted by Crippen LogP contribution is -1.98. The molecule has 0 atom stereocenters. The van der Waals surface area contributed by atoms with Crippen molar-refractivity contribution in [3.8, 4) is 0 Å². The van der Waals surface area contributed by atoms with E-state index in [2.05, 4.69) is 75.9 Å². The quantitative estimate of drug-likeness (QED) is 0.417. The summed E-state index contributed by atoms with van der Waals surface area (Å²) in [6, 6.07) is 15.3. The van der Waals surface area contributed by atoms with E-state index in [4.69, 9.17) is 0 Å². The summed E-state index contributed by atoms with van der Waals surface area (Å²) in [7, 11) is 0. The normalized spacial score (nSPS) is 12.8. The Bertz CT molecular complexity index is 665. The molecule has 23 heavy (non-hydrogen) atoms. The van der Waals surface area contributed by atoms with Crippen LogP contribution in [0.2, 0.25) is 0 Å². The lowest BCUT2D eigenvalue weighted by molar-refractivity contribution is 1.23. The van der Waals surface area contributed by atoms with Gasteiger partial charge in [-0.1, -0.05) is 80.6 Å². The number of fused-ring (bicyclic) bond motifs is 2. The van der Waals surface area contributed by atoms with Crippen molar-refractivity contribution in [1.29, 1.82) is 0 Å². The van der Waals surface area contributed by atoms with E-state index < -0.39 is 0 Å². The Hall–Kier alpha value is -1.73. The predicted octanol–water partition coefficient (Wildman–Crippen LogP) is 7.52. The molecule has 1 aliphatic heterocycles. The van der Waals surface area contributed by atoms with Crippen LogP contribution in [0.3, 0.4) is 0 Å². The van der Waals surface area contributed by atoms with Crippen molar-refractivity contribution in [2.45, 2.75) is 50.8 Å². The topological polar surface area (TPSA) is 0 Å². The Kier molecular flexibility index (Phi) is 8.50.